The van der Waals surface area contributed by atoms with Gasteiger partial charge in [-0.1, -0.05) is 0 Å². The summed E-state index contributed by atoms with van der Waals surface area (Å²) in [6.45, 7) is 2.30. The molecule has 12 heavy (non-hydrogen) atoms. The van der Waals surface area contributed by atoms with E-state index in [4.69, 9.17) is 14.6 Å². The topological polar surface area (TPSA) is 50.7 Å². The Kier molecular flexibility index (Phi) is 4.53. The van der Waals surface area contributed by atoms with Crippen LogP contribution in [-0.2, 0) is 9.47 Å². The quantitative estimate of drug-likeness (QED) is 0.564. The van der Waals surface area contributed by atoms with E-state index in [9.17, 15) is 0 Å². The molecular weight excluding hydrogens is 158 g/mol. The second-order valence-corrected chi connectivity index (χ2v) is 2.99. The molecule has 0 aromatic heterocycles. The average Bonchev–Trinajstić information content (AvgIpc) is 2.00. The van der Waals surface area contributed by atoms with E-state index in [0.29, 0.717) is 6.61 Å². The minimum Gasteiger partial charge on any atom is -0.396 e. The van der Waals surface area contributed by atoms with Gasteiger partial charge in [0.1, 0.15) is 6.10 Å². The molecule has 0 saturated carbocycles. The summed E-state index contributed by atoms with van der Waals surface area (Å²) in [7, 11) is 1.88. The summed E-state index contributed by atoms with van der Waals surface area (Å²) in [5, 5.41) is 11.8. The lowest BCUT2D eigenvalue weighted by Crippen LogP contribution is -2.40. The summed E-state index contributed by atoms with van der Waals surface area (Å²) in [6, 6.07) is 0.260. The van der Waals surface area contributed by atoms with E-state index < -0.39 is 0 Å². The third kappa shape index (κ3) is 3.06. The van der Waals surface area contributed by atoms with E-state index in [1.165, 1.54) is 0 Å². The highest BCUT2D eigenvalue weighted by Gasteiger charge is 2.19. The lowest BCUT2D eigenvalue weighted by Gasteiger charge is -2.28. The smallest absolute Gasteiger partial charge is 0.104 e. The van der Waals surface area contributed by atoms with E-state index in [2.05, 4.69) is 5.32 Å². The van der Waals surface area contributed by atoms with Crippen LogP contribution in [0.4, 0.5) is 0 Å². The second kappa shape index (κ2) is 5.48. The highest BCUT2D eigenvalue weighted by Crippen LogP contribution is 2.06. The van der Waals surface area contributed by atoms with Gasteiger partial charge in [-0.25, -0.2) is 0 Å². The van der Waals surface area contributed by atoms with Gasteiger partial charge in [0.05, 0.1) is 19.8 Å². The van der Waals surface area contributed by atoms with Crippen LogP contribution in [0.2, 0.25) is 0 Å². The summed E-state index contributed by atoms with van der Waals surface area (Å²) < 4.78 is 10.5. The van der Waals surface area contributed by atoms with Crippen LogP contribution in [0.3, 0.4) is 0 Å². The molecule has 0 aromatic carbocycles. The molecule has 1 fully saturated rings. The maximum absolute atomic E-state index is 8.68. The van der Waals surface area contributed by atoms with Crippen LogP contribution in [0, 0.1) is 0 Å². The number of likely N-dealkylation sites (N-methyl/N-ethyl adjacent to an activating group) is 1. The van der Waals surface area contributed by atoms with Gasteiger partial charge < -0.3 is 19.9 Å². The van der Waals surface area contributed by atoms with E-state index in [0.717, 1.165) is 19.6 Å². The number of hydrogen-bond donors (Lipinski definition) is 2. The van der Waals surface area contributed by atoms with Gasteiger partial charge in [0.2, 0.25) is 0 Å². The minimum absolute atomic E-state index is 0.204. The van der Waals surface area contributed by atoms with E-state index in [1.54, 1.807) is 0 Å². The molecule has 0 aromatic rings. The predicted molar refractivity (Wildman–Crippen MR) is 45.1 cm³/mol. The molecule has 1 saturated heterocycles. The van der Waals surface area contributed by atoms with Crippen LogP contribution in [0.5, 0.6) is 0 Å². The normalized spacial score (nSPS) is 20.5. The Morgan fingerprint density at radius 1 is 1.67 bits per heavy atom. The first kappa shape index (κ1) is 9.92. The maximum Gasteiger partial charge on any atom is 0.104 e. The lowest BCUT2D eigenvalue weighted by molar-refractivity contribution is -0.133. The van der Waals surface area contributed by atoms with Gasteiger partial charge in [0, 0.05) is 12.6 Å². The van der Waals surface area contributed by atoms with Crippen molar-refractivity contribution in [3.05, 3.63) is 0 Å². The monoisotopic (exact) mass is 175 g/mol. The molecule has 0 amide bonds. The van der Waals surface area contributed by atoms with Crippen LogP contribution >= 0.6 is 0 Å². The fourth-order valence-corrected chi connectivity index (χ4v) is 1.03. The molecule has 0 spiro atoms. The molecule has 1 unspecified atom stereocenters. The Balaban J connectivity index is 2.01. The van der Waals surface area contributed by atoms with Gasteiger partial charge in [-0.2, -0.15) is 0 Å². The van der Waals surface area contributed by atoms with Crippen molar-refractivity contribution in [3.63, 3.8) is 0 Å². The Bertz CT molecular complexity index is 117. The number of ether oxygens (including phenoxy) is 2. The molecule has 4 heteroatoms. The van der Waals surface area contributed by atoms with Crippen molar-refractivity contribution in [1.29, 1.82) is 0 Å². The second-order valence-electron chi connectivity index (χ2n) is 2.99. The van der Waals surface area contributed by atoms with Gasteiger partial charge in [-0.3, -0.25) is 0 Å². The molecule has 1 atom stereocenters. The van der Waals surface area contributed by atoms with Crippen molar-refractivity contribution in [1.82, 2.24) is 5.32 Å². The first-order valence-corrected chi connectivity index (χ1v) is 4.34. The first-order valence-electron chi connectivity index (χ1n) is 4.34. The molecular formula is C8H17NO3. The molecule has 2 N–H and O–H groups in total. The Morgan fingerprint density at radius 2 is 2.42 bits per heavy atom. The van der Waals surface area contributed by atoms with Crippen molar-refractivity contribution >= 4 is 0 Å². The molecule has 1 rings (SSSR count). The predicted octanol–water partition coefficient (Wildman–Crippen LogP) is -0.628. The fourth-order valence-electron chi connectivity index (χ4n) is 1.03. The van der Waals surface area contributed by atoms with Crippen LogP contribution in [-0.4, -0.2) is 50.7 Å². The van der Waals surface area contributed by atoms with E-state index in [-0.39, 0.29) is 18.8 Å². The van der Waals surface area contributed by atoms with Crippen molar-refractivity contribution in [3.8, 4) is 0 Å². The van der Waals surface area contributed by atoms with Crippen LogP contribution in [0.1, 0.15) is 6.42 Å². The number of nitrogens with one attached hydrogen (secondary N) is 1. The summed E-state index contributed by atoms with van der Waals surface area (Å²) in [4.78, 5) is 0. The number of aliphatic hydroxyl groups excluding tert-OH is 1. The molecule has 1 heterocycles. The Labute approximate surface area is 72.9 Å². The van der Waals surface area contributed by atoms with Crippen molar-refractivity contribution in [2.24, 2.45) is 0 Å². The van der Waals surface area contributed by atoms with Gasteiger partial charge in [-0.05, 0) is 13.5 Å². The zero-order valence-corrected chi connectivity index (χ0v) is 7.45. The SMILES string of the molecule is CNC(CCO)COC1COC1. The summed E-state index contributed by atoms with van der Waals surface area (Å²) in [5.74, 6) is 0. The molecule has 4 nitrogen and oxygen atoms in total. The van der Waals surface area contributed by atoms with E-state index in [1.807, 2.05) is 7.05 Å². The largest absolute Gasteiger partial charge is 0.396 e. The summed E-state index contributed by atoms with van der Waals surface area (Å²) in [6.07, 6.45) is 1.02. The highest BCUT2D eigenvalue weighted by molar-refractivity contribution is 4.68. The Hall–Kier alpha value is -0.160. The molecule has 0 radical (unpaired) electrons. The molecule has 1 aliphatic rings. The zero-order valence-electron chi connectivity index (χ0n) is 7.45. The summed E-state index contributed by atoms with van der Waals surface area (Å²) >= 11 is 0. The van der Waals surface area contributed by atoms with E-state index >= 15 is 0 Å². The first-order chi connectivity index (χ1) is 5.86. The van der Waals surface area contributed by atoms with Gasteiger partial charge in [-0.15, -0.1) is 0 Å². The van der Waals surface area contributed by atoms with Gasteiger partial charge in [0.15, 0.2) is 0 Å². The van der Waals surface area contributed by atoms with Crippen LogP contribution in [0.25, 0.3) is 0 Å². The highest BCUT2D eigenvalue weighted by atomic mass is 16.6. The summed E-state index contributed by atoms with van der Waals surface area (Å²) in [5.41, 5.74) is 0. The lowest BCUT2D eigenvalue weighted by atomic mass is 10.2. The third-order valence-electron chi connectivity index (χ3n) is 2.03. The number of rotatable bonds is 6. The standard InChI is InChI=1S/C8H17NO3/c1-9-7(2-3-10)4-12-8-5-11-6-8/h7-10H,2-6H2,1H3. The fraction of sp³-hybridized carbons (Fsp3) is 1.00. The molecule has 0 bridgehead atoms. The minimum atomic E-state index is 0.204. The number of hydrogen-bond acceptors (Lipinski definition) is 4. The third-order valence-corrected chi connectivity index (χ3v) is 2.03. The molecule has 0 aliphatic carbocycles. The van der Waals surface area contributed by atoms with Crippen LogP contribution in [0.15, 0.2) is 0 Å². The zero-order chi connectivity index (χ0) is 8.81. The maximum atomic E-state index is 8.68. The van der Waals surface area contributed by atoms with Crippen molar-refractivity contribution in [2.45, 2.75) is 18.6 Å². The average molecular weight is 175 g/mol. The number of aliphatic hydroxyl groups is 1. The van der Waals surface area contributed by atoms with Crippen molar-refractivity contribution in [2.75, 3.05) is 33.5 Å². The van der Waals surface area contributed by atoms with Gasteiger partial charge in [0.25, 0.3) is 0 Å². The van der Waals surface area contributed by atoms with Crippen molar-refractivity contribution < 1.29 is 14.6 Å². The van der Waals surface area contributed by atoms with Gasteiger partial charge >= 0.3 is 0 Å². The van der Waals surface area contributed by atoms with Crippen LogP contribution < -0.4 is 5.32 Å². The molecule has 1 aliphatic heterocycles. The molecule has 72 valence electrons. The Morgan fingerprint density at radius 3 is 2.83 bits per heavy atom.